The summed E-state index contributed by atoms with van der Waals surface area (Å²) < 4.78 is 3.21. The van der Waals surface area contributed by atoms with Crippen LogP contribution in [0.15, 0.2) is 28.9 Å². The number of amides is 1. The van der Waals surface area contributed by atoms with E-state index in [1.165, 1.54) is 16.5 Å². The Bertz CT molecular complexity index is 632. The van der Waals surface area contributed by atoms with E-state index < -0.39 is 0 Å². The van der Waals surface area contributed by atoms with Crippen molar-refractivity contribution in [2.45, 2.75) is 18.9 Å². The lowest BCUT2D eigenvalue weighted by Gasteiger charge is -2.19. The van der Waals surface area contributed by atoms with Crippen LogP contribution in [0.25, 0.3) is 10.9 Å². The smallest absolute Gasteiger partial charge is 0.222 e. The molecule has 0 saturated carbocycles. The summed E-state index contributed by atoms with van der Waals surface area (Å²) in [5, 5.41) is 1.23. The summed E-state index contributed by atoms with van der Waals surface area (Å²) in [4.78, 5) is 13.5. The Morgan fingerprint density at radius 1 is 1.33 bits per heavy atom. The van der Waals surface area contributed by atoms with Crippen LogP contribution in [-0.4, -0.2) is 22.4 Å². The van der Waals surface area contributed by atoms with Crippen LogP contribution in [-0.2, 0) is 11.8 Å². The fourth-order valence-electron chi connectivity index (χ4n) is 2.83. The van der Waals surface area contributed by atoms with Crippen molar-refractivity contribution in [3.05, 3.63) is 34.4 Å². The minimum absolute atomic E-state index is 0.218. The van der Waals surface area contributed by atoms with Gasteiger partial charge in [-0.3, -0.25) is 4.79 Å². The highest BCUT2D eigenvalue weighted by molar-refractivity contribution is 9.10. The molecular weight excluding hydrogens is 292 g/mol. The first-order valence-corrected chi connectivity index (χ1v) is 6.87. The van der Waals surface area contributed by atoms with E-state index in [-0.39, 0.29) is 11.9 Å². The maximum absolute atomic E-state index is 11.7. The molecule has 2 aromatic rings. The molecule has 1 unspecified atom stereocenters. The fraction of sp³-hybridized carbons (Fsp3) is 0.357. The summed E-state index contributed by atoms with van der Waals surface area (Å²) >= 11 is 3.52. The number of aromatic nitrogens is 1. The molecule has 1 amide bonds. The average Bonchev–Trinajstić information content (AvgIpc) is 2.82. The summed E-state index contributed by atoms with van der Waals surface area (Å²) in [6.07, 6.45) is 3.73. The monoisotopic (exact) mass is 306 g/mol. The zero-order valence-electron chi connectivity index (χ0n) is 10.5. The van der Waals surface area contributed by atoms with Crippen molar-refractivity contribution in [1.82, 2.24) is 9.47 Å². The third-order valence-electron chi connectivity index (χ3n) is 3.83. The predicted octanol–water partition coefficient (Wildman–Crippen LogP) is 3.23. The van der Waals surface area contributed by atoms with E-state index in [1.54, 1.807) is 0 Å². The first-order chi connectivity index (χ1) is 8.58. The zero-order valence-corrected chi connectivity index (χ0v) is 12.1. The average molecular weight is 307 g/mol. The van der Waals surface area contributed by atoms with Crippen molar-refractivity contribution >= 4 is 32.7 Å². The minimum atomic E-state index is 0.218. The highest BCUT2D eigenvalue weighted by Crippen LogP contribution is 2.37. The predicted molar refractivity (Wildman–Crippen MR) is 75.4 cm³/mol. The number of fused-ring (bicyclic) bond motifs is 1. The number of carbonyl (C=O) groups excluding carboxylic acids is 1. The van der Waals surface area contributed by atoms with Gasteiger partial charge in [-0.05, 0) is 24.6 Å². The molecule has 0 bridgehead atoms. The number of carbonyl (C=O) groups is 1. The van der Waals surface area contributed by atoms with E-state index >= 15 is 0 Å². The topological polar surface area (TPSA) is 25.2 Å². The van der Waals surface area contributed by atoms with Gasteiger partial charge in [0.05, 0.1) is 6.04 Å². The second-order valence-electron chi connectivity index (χ2n) is 4.92. The molecule has 1 aromatic carbocycles. The Labute approximate surface area is 115 Å². The molecule has 0 radical (unpaired) electrons. The number of halogens is 1. The van der Waals surface area contributed by atoms with Crippen molar-refractivity contribution in [2.75, 3.05) is 7.05 Å². The van der Waals surface area contributed by atoms with Crippen LogP contribution < -0.4 is 0 Å². The molecule has 3 nitrogen and oxygen atoms in total. The number of aryl methyl sites for hydroxylation is 1. The fourth-order valence-corrected chi connectivity index (χ4v) is 3.19. The minimum Gasteiger partial charge on any atom is -0.350 e. The molecule has 1 fully saturated rings. The van der Waals surface area contributed by atoms with Crippen molar-refractivity contribution in [3.8, 4) is 0 Å². The van der Waals surface area contributed by atoms with Crippen molar-refractivity contribution < 1.29 is 4.79 Å². The Morgan fingerprint density at radius 2 is 2.11 bits per heavy atom. The van der Waals surface area contributed by atoms with Gasteiger partial charge >= 0.3 is 0 Å². The molecule has 1 aromatic heterocycles. The normalized spacial score (nSPS) is 20.1. The largest absolute Gasteiger partial charge is 0.350 e. The number of hydrogen-bond acceptors (Lipinski definition) is 1. The maximum atomic E-state index is 11.7. The number of benzene rings is 1. The van der Waals surface area contributed by atoms with Crippen LogP contribution in [0.3, 0.4) is 0 Å². The summed E-state index contributed by atoms with van der Waals surface area (Å²) in [7, 11) is 3.95. The highest BCUT2D eigenvalue weighted by atomic mass is 79.9. The maximum Gasteiger partial charge on any atom is 0.222 e. The number of hydrogen-bond donors (Lipinski definition) is 0. The number of rotatable bonds is 1. The summed E-state index contributed by atoms with van der Waals surface area (Å²) in [5.41, 5.74) is 2.46. The lowest BCUT2D eigenvalue weighted by Crippen LogP contribution is -2.22. The molecular formula is C14H15BrN2O. The third-order valence-corrected chi connectivity index (χ3v) is 4.33. The van der Waals surface area contributed by atoms with E-state index in [0.29, 0.717) is 6.42 Å². The third kappa shape index (κ3) is 1.67. The summed E-state index contributed by atoms with van der Waals surface area (Å²) in [6.45, 7) is 0. The van der Waals surface area contributed by atoms with Gasteiger partial charge in [-0.25, -0.2) is 0 Å². The van der Waals surface area contributed by atoms with Gasteiger partial charge in [0.25, 0.3) is 0 Å². The molecule has 3 rings (SSSR count). The van der Waals surface area contributed by atoms with Gasteiger partial charge in [0.1, 0.15) is 0 Å². The summed E-state index contributed by atoms with van der Waals surface area (Å²) in [6, 6.07) is 6.52. The Balaban J connectivity index is 2.17. The van der Waals surface area contributed by atoms with Crippen LogP contribution in [0, 0.1) is 0 Å². The van der Waals surface area contributed by atoms with Gasteiger partial charge in [-0.2, -0.15) is 0 Å². The van der Waals surface area contributed by atoms with E-state index in [4.69, 9.17) is 0 Å². The van der Waals surface area contributed by atoms with Gasteiger partial charge < -0.3 is 9.47 Å². The molecule has 0 spiro atoms. The van der Waals surface area contributed by atoms with Crippen molar-refractivity contribution in [1.29, 1.82) is 0 Å². The second kappa shape index (κ2) is 4.12. The molecule has 94 valence electrons. The lowest BCUT2D eigenvalue weighted by atomic mass is 10.0. The molecule has 0 N–H and O–H groups in total. The Kier molecular flexibility index (Phi) is 2.70. The van der Waals surface area contributed by atoms with Gasteiger partial charge in [-0.15, -0.1) is 0 Å². The molecule has 1 aliphatic heterocycles. The first-order valence-electron chi connectivity index (χ1n) is 6.08. The standard InChI is InChI=1S/C14H15BrN2O/c1-16-8-11(13-5-6-14(18)17(13)2)10-7-9(15)3-4-12(10)16/h3-4,7-8,13H,5-6H2,1-2H3. The van der Waals surface area contributed by atoms with Crippen LogP contribution in [0.5, 0.6) is 0 Å². The van der Waals surface area contributed by atoms with Crippen LogP contribution in [0.1, 0.15) is 24.4 Å². The number of likely N-dealkylation sites (tertiary alicyclic amines) is 1. The summed E-state index contributed by atoms with van der Waals surface area (Å²) in [5.74, 6) is 0.243. The van der Waals surface area contributed by atoms with Crippen LogP contribution >= 0.6 is 15.9 Å². The van der Waals surface area contributed by atoms with Crippen molar-refractivity contribution in [2.24, 2.45) is 7.05 Å². The van der Waals surface area contributed by atoms with E-state index in [2.05, 4.69) is 51.9 Å². The molecule has 2 heterocycles. The molecule has 1 saturated heterocycles. The molecule has 4 heteroatoms. The molecule has 1 atom stereocenters. The van der Waals surface area contributed by atoms with E-state index in [9.17, 15) is 4.79 Å². The quantitative estimate of drug-likeness (QED) is 0.794. The van der Waals surface area contributed by atoms with Gasteiger partial charge in [-0.1, -0.05) is 15.9 Å². The number of nitrogens with zero attached hydrogens (tertiary/aromatic N) is 2. The van der Waals surface area contributed by atoms with Gasteiger partial charge in [0, 0.05) is 47.7 Å². The lowest BCUT2D eigenvalue weighted by molar-refractivity contribution is -0.127. The second-order valence-corrected chi connectivity index (χ2v) is 5.83. The first kappa shape index (κ1) is 11.8. The highest BCUT2D eigenvalue weighted by Gasteiger charge is 2.30. The SMILES string of the molecule is CN1C(=O)CCC1c1cn(C)c2ccc(Br)cc12. The molecule has 18 heavy (non-hydrogen) atoms. The van der Waals surface area contributed by atoms with Crippen molar-refractivity contribution in [3.63, 3.8) is 0 Å². The zero-order chi connectivity index (χ0) is 12.9. The van der Waals surface area contributed by atoms with E-state index in [1.807, 2.05) is 11.9 Å². The Morgan fingerprint density at radius 3 is 2.78 bits per heavy atom. The Hall–Kier alpha value is -1.29. The van der Waals surface area contributed by atoms with Crippen LogP contribution in [0.4, 0.5) is 0 Å². The van der Waals surface area contributed by atoms with E-state index in [0.717, 1.165) is 10.9 Å². The van der Waals surface area contributed by atoms with Gasteiger partial charge in [0.15, 0.2) is 0 Å². The van der Waals surface area contributed by atoms with Crippen LogP contribution in [0.2, 0.25) is 0 Å². The molecule has 0 aliphatic carbocycles. The van der Waals surface area contributed by atoms with Gasteiger partial charge in [0.2, 0.25) is 5.91 Å². The molecule has 1 aliphatic rings.